The molecule has 6 nitrogen and oxygen atoms in total. The van der Waals surface area contributed by atoms with Gasteiger partial charge in [-0.25, -0.2) is 0 Å². The van der Waals surface area contributed by atoms with Crippen LogP contribution in [0.15, 0.2) is 66.7 Å². The number of rotatable bonds is 6. The van der Waals surface area contributed by atoms with Crippen molar-refractivity contribution < 1.29 is 19.1 Å². The van der Waals surface area contributed by atoms with Crippen molar-refractivity contribution in [3.8, 4) is 11.5 Å². The first-order chi connectivity index (χ1) is 16.2. The average molecular weight is 459 g/mol. The third-order valence-electron chi connectivity index (χ3n) is 5.78. The van der Waals surface area contributed by atoms with Gasteiger partial charge in [-0.2, -0.15) is 0 Å². The molecule has 3 aromatic rings. The molecule has 1 aliphatic heterocycles. The number of amides is 2. The third-order valence-corrected chi connectivity index (χ3v) is 5.78. The first kappa shape index (κ1) is 23.4. The number of ether oxygens (including phenoxy) is 2. The third kappa shape index (κ3) is 5.39. The molecule has 0 spiro atoms. The van der Waals surface area contributed by atoms with Crippen molar-refractivity contribution in [3.05, 3.63) is 83.4 Å². The highest BCUT2D eigenvalue weighted by atomic mass is 16.5. The summed E-state index contributed by atoms with van der Waals surface area (Å²) in [7, 11) is 0. The van der Waals surface area contributed by atoms with E-state index < -0.39 is 0 Å². The Kier molecular flexibility index (Phi) is 6.59. The normalized spacial score (nSPS) is 13.2. The fourth-order valence-corrected chi connectivity index (χ4v) is 3.74. The Hall–Kier alpha value is -3.80. The van der Waals surface area contributed by atoms with Gasteiger partial charge in [-0.15, -0.1) is 0 Å². The van der Waals surface area contributed by atoms with Gasteiger partial charge in [0.25, 0.3) is 11.8 Å². The van der Waals surface area contributed by atoms with Crippen LogP contribution < -0.4 is 19.7 Å². The lowest BCUT2D eigenvalue weighted by Gasteiger charge is -2.29. The van der Waals surface area contributed by atoms with E-state index in [9.17, 15) is 9.59 Å². The van der Waals surface area contributed by atoms with Gasteiger partial charge in [-0.05, 0) is 60.4 Å². The molecule has 0 radical (unpaired) electrons. The van der Waals surface area contributed by atoms with Gasteiger partial charge in [0.1, 0.15) is 18.1 Å². The molecule has 0 fully saturated rings. The summed E-state index contributed by atoms with van der Waals surface area (Å²) in [5.74, 6) is 0.992. The van der Waals surface area contributed by atoms with Crippen molar-refractivity contribution in [1.29, 1.82) is 0 Å². The molecule has 0 unspecified atom stereocenters. The molecule has 0 atom stereocenters. The summed E-state index contributed by atoms with van der Waals surface area (Å²) in [6.07, 6.45) is 0. The summed E-state index contributed by atoms with van der Waals surface area (Å²) in [6, 6.07) is 20.7. The van der Waals surface area contributed by atoms with Gasteiger partial charge < -0.3 is 19.7 Å². The van der Waals surface area contributed by atoms with E-state index in [1.54, 1.807) is 23.1 Å². The number of carbonyl (C=O) groups excluding carboxylic acids is 2. The molecule has 0 saturated carbocycles. The number of nitrogens with zero attached hydrogens (tertiary/aromatic N) is 1. The maximum Gasteiger partial charge on any atom is 0.265 e. The molecule has 1 aliphatic rings. The zero-order chi connectivity index (χ0) is 24.3. The van der Waals surface area contributed by atoms with Crippen LogP contribution in [0.2, 0.25) is 0 Å². The molecule has 1 heterocycles. The maximum absolute atomic E-state index is 12.8. The van der Waals surface area contributed by atoms with Gasteiger partial charge in [0, 0.05) is 11.3 Å². The molecule has 2 amide bonds. The smallest absolute Gasteiger partial charge is 0.265 e. The summed E-state index contributed by atoms with van der Waals surface area (Å²) < 4.78 is 11.4. The van der Waals surface area contributed by atoms with Crippen LogP contribution in [0.3, 0.4) is 0 Å². The van der Waals surface area contributed by atoms with E-state index in [0.717, 1.165) is 16.9 Å². The zero-order valence-corrected chi connectivity index (χ0v) is 20.1. The van der Waals surface area contributed by atoms with Crippen molar-refractivity contribution >= 4 is 23.2 Å². The number of hydrogen-bond acceptors (Lipinski definition) is 4. The van der Waals surface area contributed by atoms with E-state index in [4.69, 9.17) is 9.47 Å². The first-order valence-electron chi connectivity index (χ1n) is 11.4. The Morgan fingerprint density at radius 2 is 1.74 bits per heavy atom. The van der Waals surface area contributed by atoms with E-state index in [2.05, 4.69) is 26.1 Å². The topological polar surface area (TPSA) is 67.9 Å². The summed E-state index contributed by atoms with van der Waals surface area (Å²) in [6.45, 7) is 9.11. The van der Waals surface area contributed by atoms with E-state index in [0.29, 0.717) is 35.8 Å². The molecule has 4 rings (SSSR count). The lowest BCUT2D eigenvalue weighted by Crippen LogP contribution is -2.41. The second kappa shape index (κ2) is 9.59. The Morgan fingerprint density at radius 3 is 2.41 bits per heavy atom. The average Bonchev–Trinajstić information content (AvgIpc) is 2.81. The van der Waals surface area contributed by atoms with Crippen LogP contribution in [0.25, 0.3) is 0 Å². The summed E-state index contributed by atoms with van der Waals surface area (Å²) >= 11 is 0. The largest absolute Gasteiger partial charge is 0.492 e. The molecule has 0 saturated heterocycles. The van der Waals surface area contributed by atoms with Crippen LogP contribution in [0.1, 0.15) is 42.3 Å². The Labute approximate surface area is 200 Å². The number of benzene rings is 3. The number of anilines is 2. The molecule has 3 aromatic carbocycles. The quantitative estimate of drug-likeness (QED) is 0.541. The van der Waals surface area contributed by atoms with Crippen LogP contribution in [0, 0.1) is 6.92 Å². The van der Waals surface area contributed by atoms with Crippen molar-refractivity contribution in [2.45, 2.75) is 33.1 Å². The standard InChI is InChI=1S/C28H30N2O4/c1-19-5-12-23(13-6-19)33-16-15-30-24-17-22(11-14-25(24)34-18-26(30)31)29-27(32)20-7-9-21(10-8-20)28(2,3)4/h5-14,17H,15-16,18H2,1-4H3,(H,29,32). The minimum absolute atomic E-state index is 0.0205. The predicted molar refractivity (Wildman–Crippen MR) is 134 cm³/mol. The van der Waals surface area contributed by atoms with Crippen molar-refractivity contribution in [1.82, 2.24) is 0 Å². The van der Waals surface area contributed by atoms with Crippen LogP contribution in [0.4, 0.5) is 11.4 Å². The van der Waals surface area contributed by atoms with Gasteiger partial charge in [0.05, 0.1) is 12.2 Å². The van der Waals surface area contributed by atoms with Crippen LogP contribution >= 0.6 is 0 Å². The molecule has 1 N–H and O–H groups in total. The lowest BCUT2D eigenvalue weighted by atomic mass is 9.87. The fourth-order valence-electron chi connectivity index (χ4n) is 3.74. The highest BCUT2D eigenvalue weighted by Crippen LogP contribution is 2.34. The summed E-state index contributed by atoms with van der Waals surface area (Å²) in [4.78, 5) is 27.0. The molecular weight excluding hydrogens is 428 g/mol. The molecule has 34 heavy (non-hydrogen) atoms. The molecule has 0 bridgehead atoms. The first-order valence-corrected chi connectivity index (χ1v) is 11.4. The minimum atomic E-state index is -0.210. The van der Waals surface area contributed by atoms with Crippen LogP contribution in [0.5, 0.6) is 11.5 Å². The summed E-state index contributed by atoms with van der Waals surface area (Å²) in [5, 5.41) is 2.93. The Bertz CT molecular complexity index is 1180. The van der Waals surface area contributed by atoms with E-state index in [1.807, 2.05) is 55.5 Å². The second-order valence-corrected chi connectivity index (χ2v) is 9.46. The molecule has 0 aliphatic carbocycles. The lowest BCUT2D eigenvalue weighted by molar-refractivity contribution is -0.121. The van der Waals surface area contributed by atoms with E-state index in [-0.39, 0.29) is 23.8 Å². The highest BCUT2D eigenvalue weighted by Gasteiger charge is 2.26. The summed E-state index contributed by atoms with van der Waals surface area (Å²) in [5.41, 5.74) is 4.12. The van der Waals surface area contributed by atoms with Gasteiger partial charge in [-0.3, -0.25) is 9.59 Å². The van der Waals surface area contributed by atoms with Crippen molar-refractivity contribution in [2.75, 3.05) is 30.0 Å². The van der Waals surface area contributed by atoms with Gasteiger partial charge in [-0.1, -0.05) is 50.6 Å². The molecule has 176 valence electrons. The molecular formula is C28H30N2O4. The van der Waals surface area contributed by atoms with Crippen molar-refractivity contribution in [2.24, 2.45) is 0 Å². The predicted octanol–water partition coefficient (Wildman–Crippen LogP) is 5.35. The second-order valence-electron chi connectivity index (χ2n) is 9.46. The van der Waals surface area contributed by atoms with E-state index in [1.165, 1.54) is 0 Å². The highest BCUT2D eigenvalue weighted by molar-refractivity contribution is 6.05. The van der Waals surface area contributed by atoms with Crippen molar-refractivity contribution in [3.63, 3.8) is 0 Å². The molecule has 6 heteroatoms. The zero-order valence-electron chi connectivity index (χ0n) is 20.1. The molecule has 0 aromatic heterocycles. The van der Waals surface area contributed by atoms with Gasteiger partial charge in [0.2, 0.25) is 0 Å². The van der Waals surface area contributed by atoms with Gasteiger partial charge >= 0.3 is 0 Å². The van der Waals surface area contributed by atoms with Crippen LogP contribution in [-0.4, -0.2) is 31.6 Å². The minimum Gasteiger partial charge on any atom is -0.492 e. The SMILES string of the molecule is Cc1ccc(OCCN2C(=O)COc3ccc(NC(=O)c4ccc(C(C)(C)C)cc4)cc32)cc1. The number of nitrogens with one attached hydrogen (secondary N) is 1. The number of carbonyl (C=O) groups is 2. The number of fused-ring (bicyclic) bond motifs is 1. The van der Waals surface area contributed by atoms with Gasteiger partial charge in [0.15, 0.2) is 6.61 Å². The Balaban J connectivity index is 1.45. The maximum atomic E-state index is 12.8. The Morgan fingerprint density at radius 1 is 1.03 bits per heavy atom. The fraction of sp³-hybridized carbons (Fsp3) is 0.286. The van der Waals surface area contributed by atoms with Crippen LogP contribution in [-0.2, 0) is 10.2 Å². The van der Waals surface area contributed by atoms with E-state index >= 15 is 0 Å². The monoisotopic (exact) mass is 458 g/mol. The number of hydrogen-bond donors (Lipinski definition) is 1. The number of aryl methyl sites for hydroxylation is 1.